The van der Waals surface area contributed by atoms with Gasteiger partial charge in [0, 0.05) is 30.4 Å². The van der Waals surface area contributed by atoms with Crippen LogP contribution in [0.1, 0.15) is 36.0 Å². The topological polar surface area (TPSA) is 69.6 Å². The number of hydrogen-bond donors (Lipinski definition) is 1. The Kier molecular flexibility index (Phi) is 9.46. The van der Waals surface area contributed by atoms with Gasteiger partial charge in [-0.2, -0.15) is 5.10 Å². The number of allylic oxidation sites excluding steroid dienone is 3. The van der Waals surface area contributed by atoms with Gasteiger partial charge < -0.3 is 5.73 Å². The maximum Gasteiger partial charge on any atom is 0.115 e. The number of halogens is 1. The number of rotatable bonds is 7. The zero-order valence-electron chi connectivity index (χ0n) is 14.6. The van der Waals surface area contributed by atoms with Crippen LogP contribution in [0.15, 0.2) is 43.0 Å². The SMILES string of the molecule is CCCc1c(C)ncnc1Cc1ccnn1C/C=C\C=C/N.CCl. The van der Waals surface area contributed by atoms with Crippen LogP contribution in [0.4, 0.5) is 0 Å². The molecule has 2 aromatic rings. The van der Waals surface area contributed by atoms with Crippen molar-refractivity contribution in [2.75, 3.05) is 6.38 Å². The summed E-state index contributed by atoms with van der Waals surface area (Å²) in [5.41, 5.74) is 9.90. The first-order valence-corrected chi connectivity index (χ1v) is 8.73. The Morgan fingerprint density at radius 3 is 2.75 bits per heavy atom. The lowest BCUT2D eigenvalue weighted by atomic mass is 10.0. The van der Waals surface area contributed by atoms with Crippen molar-refractivity contribution < 1.29 is 0 Å². The monoisotopic (exact) mass is 347 g/mol. The van der Waals surface area contributed by atoms with Gasteiger partial charge in [0.2, 0.25) is 0 Å². The summed E-state index contributed by atoms with van der Waals surface area (Å²) < 4.78 is 1.98. The van der Waals surface area contributed by atoms with Gasteiger partial charge in [-0.1, -0.05) is 25.5 Å². The molecule has 0 atom stereocenters. The minimum atomic E-state index is 0.722. The molecule has 0 aromatic carbocycles. The summed E-state index contributed by atoms with van der Waals surface area (Å²) in [7, 11) is 0. The molecule has 130 valence electrons. The molecule has 6 heteroatoms. The van der Waals surface area contributed by atoms with E-state index in [1.54, 1.807) is 12.4 Å². The molecule has 2 rings (SSSR count). The van der Waals surface area contributed by atoms with E-state index in [9.17, 15) is 0 Å². The van der Waals surface area contributed by atoms with Gasteiger partial charge in [0.25, 0.3) is 0 Å². The number of hydrogen-bond acceptors (Lipinski definition) is 4. The van der Waals surface area contributed by atoms with Gasteiger partial charge in [-0.25, -0.2) is 9.97 Å². The summed E-state index contributed by atoms with van der Waals surface area (Å²) in [5.74, 6) is 0. The quantitative estimate of drug-likeness (QED) is 0.615. The second-order valence-electron chi connectivity index (χ2n) is 5.13. The smallest absolute Gasteiger partial charge is 0.115 e. The van der Waals surface area contributed by atoms with Gasteiger partial charge in [0.15, 0.2) is 0 Å². The number of alkyl halides is 1. The van der Waals surface area contributed by atoms with Crippen LogP contribution in [-0.2, 0) is 19.4 Å². The molecule has 24 heavy (non-hydrogen) atoms. The first-order chi connectivity index (χ1) is 11.8. The number of aromatic nitrogens is 4. The predicted molar refractivity (Wildman–Crippen MR) is 100 cm³/mol. The molecule has 2 heterocycles. The maximum atomic E-state index is 5.31. The first kappa shape index (κ1) is 19.9. The molecule has 0 bridgehead atoms. The van der Waals surface area contributed by atoms with Crippen molar-refractivity contribution >= 4 is 11.6 Å². The van der Waals surface area contributed by atoms with Crippen LogP contribution in [0.2, 0.25) is 0 Å². The highest BCUT2D eigenvalue weighted by atomic mass is 35.5. The number of nitrogens with two attached hydrogens (primary N) is 1. The van der Waals surface area contributed by atoms with E-state index in [-0.39, 0.29) is 0 Å². The second-order valence-corrected chi connectivity index (χ2v) is 5.13. The Labute approximate surface area is 149 Å². The molecule has 0 aliphatic heterocycles. The molecule has 0 saturated carbocycles. The molecule has 0 spiro atoms. The Balaban J connectivity index is 0.00000139. The average molecular weight is 348 g/mol. The summed E-state index contributed by atoms with van der Waals surface area (Å²) in [6.07, 6.45) is 15.1. The fourth-order valence-electron chi connectivity index (χ4n) is 2.43. The van der Waals surface area contributed by atoms with E-state index in [0.29, 0.717) is 0 Å². The van der Waals surface area contributed by atoms with Crippen molar-refractivity contribution in [1.82, 2.24) is 19.7 Å². The van der Waals surface area contributed by atoms with E-state index in [1.165, 1.54) is 18.1 Å². The van der Waals surface area contributed by atoms with Crippen LogP contribution in [0.3, 0.4) is 0 Å². The van der Waals surface area contributed by atoms with Crippen LogP contribution < -0.4 is 5.73 Å². The molecular weight excluding hydrogens is 322 g/mol. The van der Waals surface area contributed by atoms with Gasteiger partial charge in [0.1, 0.15) is 6.33 Å². The van der Waals surface area contributed by atoms with Crippen molar-refractivity contribution in [1.29, 1.82) is 0 Å². The zero-order valence-corrected chi connectivity index (χ0v) is 15.4. The molecule has 0 aliphatic rings. The van der Waals surface area contributed by atoms with E-state index in [1.807, 2.05) is 29.1 Å². The molecule has 0 fully saturated rings. The third kappa shape index (κ3) is 5.81. The molecule has 0 radical (unpaired) electrons. The molecule has 0 unspecified atom stereocenters. The molecule has 0 amide bonds. The third-order valence-corrected chi connectivity index (χ3v) is 3.54. The lowest BCUT2D eigenvalue weighted by molar-refractivity contribution is 0.662. The van der Waals surface area contributed by atoms with E-state index < -0.39 is 0 Å². The fourth-order valence-corrected chi connectivity index (χ4v) is 2.43. The minimum Gasteiger partial charge on any atom is -0.405 e. The average Bonchev–Trinajstić information content (AvgIpc) is 3.04. The summed E-state index contributed by atoms with van der Waals surface area (Å²) in [5, 5.41) is 4.37. The Morgan fingerprint density at radius 1 is 1.25 bits per heavy atom. The van der Waals surface area contributed by atoms with Crippen LogP contribution >= 0.6 is 11.6 Å². The van der Waals surface area contributed by atoms with E-state index in [2.05, 4.69) is 40.5 Å². The van der Waals surface area contributed by atoms with Crippen LogP contribution in [0.25, 0.3) is 0 Å². The molecule has 2 N–H and O–H groups in total. The van der Waals surface area contributed by atoms with Gasteiger partial charge >= 0.3 is 0 Å². The third-order valence-electron chi connectivity index (χ3n) is 3.54. The highest BCUT2D eigenvalue weighted by Gasteiger charge is 2.10. The Morgan fingerprint density at radius 2 is 2.04 bits per heavy atom. The molecular formula is C18H26ClN5. The van der Waals surface area contributed by atoms with Crippen LogP contribution in [0, 0.1) is 6.92 Å². The van der Waals surface area contributed by atoms with E-state index in [4.69, 9.17) is 5.73 Å². The first-order valence-electron chi connectivity index (χ1n) is 7.97. The van der Waals surface area contributed by atoms with Gasteiger partial charge in [-0.15, -0.1) is 11.6 Å². The largest absolute Gasteiger partial charge is 0.405 e. The number of nitrogens with zero attached hydrogens (tertiary/aromatic N) is 4. The van der Waals surface area contributed by atoms with Crippen molar-refractivity contribution in [2.24, 2.45) is 5.73 Å². The molecule has 0 aliphatic carbocycles. The zero-order chi connectivity index (χ0) is 17.8. The summed E-state index contributed by atoms with van der Waals surface area (Å²) in [6.45, 7) is 4.95. The Bertz CT molecular complexity index is 661. The standard InChI is InChI=1S/C17H23N5.CH3Cl/c1-3-7-16-14(2)19-13-20-17(16)12-15-8-10-21-22(15)11-6-4-5-9-18;1-2/h4-6,8-10,13H,3,7,11-12,18H2,1-2H3;1H3/b6-4-,9-5-;. The van der Waals surface area contributed by atoms with Gasteiger partial charge in [-0.3, -0.25) is 4.68 Å². The predicted octanol–water partition coefficient (Wildman–Crippen LogP) is 3.41. The minimum absolute atomic E-state index is 0.722. The highest BCUT2D eigenvalue weighted by molar-refractivity contribution is 6.15. The van der Waals surface area contributed by atoms with Crippen molar-refractivity contribution in [3.8, 4) is 0 Å². The van der Waals surface area contributed by atoms with Gasteiger partial charge in [0.05, 0.1) is 12.2 Å². The van der Waals surface area contributed by atoms with Crippen molar-refractivity contribution in [2.45, 2.75) is 39.7 Å². The van der Waals surface area contributed by atoms with Gasteiger partial charge in [-0.05, 0) is 37.3 Å². The molecule has 0 saturated heterocycles. The van der Waals surface area contributed by atoms with Crippen LogP contribution in [0.5, 0.6) is 0 Å². The second kappa shape index (κ2) is 11.4. The van der Waals surface area contributed by atoms with Crippen LogP contribution in [-0.4, -0.2) is 26.1 Å². The lowest BCUT2D eigenvalue weighted by Gasteiger charge is -2.11. The fraction of sp³-hybridized carbons (Fsp3) is 0.389. The Hall–Kier alpha value is -2.14. The lowest BCUT2D eigenvalue weighted by Crippen LogP contribution is -2.08. The highest BCUT2D eigenvalue weighted by Crippen LogP contribution is 2.16. The summed E-state index contributed by atoms with van der Waals surface area (Å²) >= 11 is 4.64. The maximum absolute atomic E-state index is 5.31. The molecule has 5 nitrogen and oxygen atoms in total. The summed E-state index contributed by atoms with van der Waals surface area (Å²) in [4.78, 5) is 8.80. The van der Waals surface area contributed by atoms with E-state index >= 15 is 0 Å². The summed E-state index contributed by atoms with van der Waals surface area (Å²) in [6, 6.07) is 2.04. The normalized spacial score (nSPS) is 11.0. The van der Waals surface area contributed by atoms with Crippen molar-refractivity contribution in [3.63, 3.8) is 0 Å². The van der Waals surface area contributed by atoms with E-state index in [0.717, 1.165) is 42.9 Å². The number of aryl methyl sites for hydroxylation is 1. The van der Waals surface area contributed by atoms with Crippen molar-refractivity contribution in [3.05, 3.63) is 65.7 Å². The molecule has 2 aromatic heterocycles.